The molecule has 1 rings (SSSR count). The zero-order valence-electron chi connectivity index (χ0n) is 6.55. The van der Waals surface area contributed by atoms with Crippen molar-refractivity contribution in [2.24, 2.45) is 0 Å². The fraction of sp³-hybridized carbons (Fsp3) is 0. The lowest BCUT2D eigenvalue weighted by Gasteiger charge is -1.97. The van der Waals surface area contributed by atoms with Crippen molar-refractivity contribution >= 4 is 41.5 Å². The Balaban J connectivity index is 3.27. The molecule has 1 aromatic rings. The Hall–Kier alpha value is -0.900. The zero-order valence-corrected chi connectivity index (χ0v) is 9.52. The van der Waals surface area contributed by atoms with Crippen molar-refractivity contribution in [1.29, 1.82) is 0 Å². The Kier molecular flexibility index (Phi) is 3.63. The van der Waals surface area contributed by atoms with Crippen molar-refractivity contribution in [2.75, 3.05) is 0 Å². The molecule has 0 spiro atoms. The predicted molar refractivity (Wildman–Crippen MR) is 59.6 cm³/mol. The third-order valence-corrected chi connectivity index (χ3v) is 3.37. The number of hydrogen-bond acceptors (Lipinski definition) is 5. The average Bonchev–Trinajstić information content (AvgIpc) is 2.16. The Labute approximate surface area is 94.6 Å². The molecule has 0 atom stereocenters. The van der Waals surface area contributed by atoms with Crippen LogP contribution >= 0.6 is 30.1 Å². The highest BCUT2D eigenvalue weighted by molar-refractivity contribution is 14.2. The van der Waals surface area contributed by atoms with Crippen LogP contribution in [0.15, 0.2) is 23.1 Å². The van der Waals surface area contributed by atoms with Gasteiger partial charge in [-0.05, 0) is 15.0 Å². The molecule has 0 fully saturated rings. The minimum atomic E-state index is -0.658. The van der Waals surface area contributed by atoms with E-state index in [1.165, 1.54) is 12.1 Å². The number of benzene rings is 1. The van der Waals surface area contributed by atoms with Crippen LogP contribution < -0.4 is 0 Å². The molecule has 0 bridgehead atoms. The van der Waals surface area contributed by atoms with Gasteiger partial charge < -0.3 is 0 Å². The van der Waals surface area contributed by atoms with Crippen LogP contribution in [0, 0.1) is 20.2 Å². The zero-order chi connectivity index (χ0) is 10.7. The number of rotatable bonds is 3. The standard InChI is InChI=1S/C6H3IN2O4S/c7-14-6-2-1-4(8(10)11)3-5(6)9(12)13/h1-3H. The van der Waals surface area contributed by atoms with Crippen LogP contribution in [0.25, 0.3) is 0 Å². The Bertz CT molecular complexity index is 397. The lowest BCUT2D eigenvalue weighted by Crippen LogP contribution is -1.93. The summed E-state index contributed by atoms with van der Waals surface area (Å²) in [5.74, 6) is 0. The van der Waals surface area contributed by atoms with Gasteiger partial charge in [-0.25, -0.2) is 0 Å². The first-order valence-corrected chi connectivity index (χ1v) is 6.63. The molecule has 14 heavy (non-hydrogen) atoms. The van der Waals surface area contributed by atoms with Gasteiger partial charge in [0.1, 0.15) is 0 Å². The second kappa shape index (κ2) is 4.55. The Morgan fingerprint density at radius 1 is 1.21 bits per heavy atom. The summed E-state index contributed by atoms with van der Waals surface area (Å²) < 4.78 is 0. The second-order valence-electron chi connectivity index (χ2n) is 2.24. The number of nitro groups is 2. The SMILES string of the molecule is O=[N+]([O-])c1ccc(SI)c([N+](=O)[O-])c1. The molecule has 6 nitrogen and oxygen atoms in total. The minimum absolute atomic E-state index is 0.237. The highest BCUT2D eigenvalue weighted by Gasteiger charge is 2.18. The molecule has 0 aromatic heterocycles. The number of halogens is 1. The third kappa shape index (κ3) is 2.32. The van der Waals surface area contributed by atoms with E-state index in [0.29, 0.717) is 4.90 Å². The van der Waals surface area contributed by atoms with Gasteiger partial charge in [-0.1, -0.05) is 0 Å². The van der Waals surface area contributed by atoms with Crippen molar-refractivity contribution in [1.82, 2.24) is 0 Å². The average molecular weight is 326 g/mol. The molecule has 0 aliphatic carbocycles. The van der Waals surface area contributed by atoms with Gasteiger partial charge in [0, 0.05) is 27.3 Å². The number of nitro benzene ring substituents is 2. The normalized spacial score (nSPS) is 9.79. The van der Waals surface area contributed by atoms with E-state index in [1.807, 2.05) is 21.2 Å². The molecule has 8 heteroatoms. The first kappa shape index (κ1) is 11.2. The summed E-state index contributed by atoms with van der Waals surface area (Å²) in [6, 6.07) is 3.57. The molecular formula is C6H3IN2O4S. The fourth-order valence-corrected chi connectivity index (χ4v) is 2.28. The van der Waals surface area contributed by atoms with Gasteiger partial charge in [-0.15, -0.1) is 0 Å². The van der Waals surface area contributed by atoms with E-state index in [4.69, 9.17) is 0 Å². The molecule has 0 heterocycles. The largest absolute Gasteiger partial charge is 0.290 e. The van der Waals surface area contributed by atoms with Gasteiger partial charge in [0.05, 0.1) is 20.8 Å². The van der Waals surface area contributed by atoms with Gasteiger partial charge in [0.25, 0.3) is 11.4 Å². The predicted octanol–water partition coefficient (Wildman–Crippen LogP) is 2.95. The fourth-order valence-electron chi connectivity index (χ4n) is 0.827. The van der Waals surface area contributed by atoms with Gasteiger partial charge >= 0.3 is 0 Å². The highest BCUT2D eigenvalue weighted by Crippen LogP contribution is 2.35. The summed E-state index contributed by atoms with van der Waals surface area (Å²) in [7, 11) is 1.15. The number of hydrogen-bond donors (Lipinski definition) is 0. The molecule has 0 saturated heterocycles. The number of nitrogens with zero attached hydrogens (tertiary/aromatic N) is 2. The quantitative estimate of drug-likeness (QED) is 0.484. The molecule has 1 aromatic carbocycles. The molecule has 0 N–H and O–H groups in total. The Morgan fingerprint density at radius 2 is 1.86 bits per heavy atom. The maximum Gasteiger partial charge on any atom is 0.290 e. The minimum Gasteiger partial charge on any atom is -0.258 e. The molecule has 0 amide bonds. The van der Waals surface area contributed by atoms with Gasteiger partial charge in [0.2, 0.25) is 0 Å². The van der Waals surface area contributed by atoms with Crippen LogP contribution in [-0.4, -0.2) is 9.85 Å². The molecule has 0 radical (unpaired) electrons. The van der Waals surface area contributed by atoms with Crippen LogP contribution in [0.4, 0.5) is 11.4 Å². The Morgan fingerprint density at radius 3 is 2.29 bits per heavy atom. The van der Waals surface area contributed by atoms with Gasteiger partial charge in [0.15, 0.2) is 0 Å². The smallest absolute Gasteiger partial charge is 0.258 e. The molecule has 0 aliphatic rings. The summed E-state index contributed by atoms with van der Waals surface area (Å²) in [5.41, 5.74) is -0.510. The van der Waals surface area contributed by atoms with E-state index in [0.717, 1.165) is 15.0 Å². The first-order chi connectivity index (χ1) is 6.56. The molecule has 0 unspecified atom stereocenters. The van der Waals surface area contributed by atoms with Gasteiger partial charge in [-0.3, -0.25) is 20.2 Å². The van der Waals surface area contributed by atoms with E-state index in [9.17, 15) is 20.2 Å². The van der Waals surface area contributed by atoms with Crippen LogP contribution in [-0.2, 0) is 0 Å². The summed E-state index contributed by atoms with van der Waals surface area (Å²) in [5, 5.41) is 20.9. The second-order valence-corrected chi connectivity index (χ2v) is 4.16. The van der Waals surface area contributed by atoms with Crippen molar-refractivity contribution in [3.05, 3.63) is 38.4 Å². The van der Waals surface area contributed by atoms with Crippen molar-refractivity contribution < 1.29 is 9.85 Å². The van der Waals surface area contributed by atoms with Crippen LogP contribution in [0.2, 0.25) is 0 Å². The third-order valence-electron chi connectivity index (χ3n) is 1.43. The lowest BCUT2D eigenvalue weighted by molar-refractivity contribution is -0.395. The summed E-state index contributed by atoms with van der Waals surface area (Å²) in [6.45, 7) is 0. The highest BCUT2D eigenvalue weighted by atomic mass is 127. The lowest BCUT2D eigenvalue weighted by atomic mass is 10.3. The van der Waals surface area contributed by atoms with Crippen LogP contribution in [0.1, 0.15) is 0 Å². The maximum absolute atomic E-state index is 10.5. The van der Waals surface area contributed by atoms with Gasteiger partial charge in [-0.2, -0.15) is 0 Å². The van der Waals surface area contributed by atoms with Crippen molar-refractivity contribution in [3.63, 3.8) is 0 Å². The monoisotopic (exact) mass is 326 g/mol. The summed E-state index contributed by atoms with van der Waals surface area (Å²) in [6.07, 6.45) is 0. The van der Waals surface area contributed by atoms with E-state index >= 15 is 0 Å². The van der Waals surface area contributed by atoms with Crippen LogP contribution in [0.3, 0.4) is 0 Å². The van der Waals surface area contributed by atoms with E-state index < -0.39 is 9.85 Å². The summed E-state index contributed by atoms with van der Waals surface area (Å²) in [4.78, 5) is 20.0. The van der Waals surface area contributed by atoms with E-state index in [-0.39, 0.29) is 11.4 Å². The molecule has 74 valence electrons. The maximum atomic E-state index is 10.5. The van der Waals surface area contributed by atoms with E-state index in [2.05, 4.69) is 0 Å². The molecule has 0 aliphatic heterocycles. The molecular weight excluding hydrogens is 323 g/mol. The summed E-state index contributed by atoms with van der Waals surface area (Å²) >= 11 is 1.88. The topological polar surface area (TPSA) is 86.3 Å². The van der Waals surface area contributed by atoms with E-state index in [1.54, 1.807) is 0 Å². The number of non-ortho nitro benzene ring substituents is 1. The first-order valence-electron chi connectivity index (χ1n) is 3.27. The van der Waals surface area contributed by atoms with Crippen LogP contribution in [0.5, 0.6) is 0 Å². The van der Waals surface area contributed by atoms with Crippen molar-refractivity contribution in [2.45, 2.75) is 4.90 Å². The molecule has 0 saturated carbocycles. The van der Waals surface area contributed by atoms with Crippen molar-refractivity contribution in [3.8, 4) is 0 Å².